The third-order valence-electron chi connectivity index (χ3n) is 7.57. The Morgan fingerprint density at radius 3 is 2.54 bits per heavy atom. The number of hydrogen-bond acceptors (Lipinski definition) is 7. The number of methoxy groups -OCH3 is 2. The van der Waals surface area contributed by atoms with E-state index in [2.05, 4.69) is 5.32 Å². The van der Waals surface area contributed by atoms with Crippen LogP contribution in [0.1, 0.15) is 49.3 Å². The fourth-order valence-corrected chi connectivity index (χ4v) is 5.77. The van der Waals surface area contributed by atoms with Crippen LogP contribution >= 0.6 is 0 Å². The molecule has 3 atom stereocenters. The zero-order chi connectivity index (χ0) is 25.9. The van der Waals surface area contributed by atoms with Crippen molar-refractivity contribution in [2.24, 2.45) is 5.92 Å². The van der Waals surface area contributed by atoms with Gasteiger partial charge in [-0.2, -0.15) is 5.06 Å². The number of nitrogens with one attached hydrogen (secondary N) is 1. The van der Waals surface area contributed by atoms with Gasteiger partial charge < -0.3 is 14.8 Å². The predicted molar refractivity (Wildman–Crippen MR) is 134 cm³/mol. The first-order valence-electron chi connectivity index (χ1n) is 12.8. The molecule has 3 fully saturated rings. The molecule has 196 valence electrons. The molecule has 0 bridgehead atoms. The SMILES string of the molecule is COc1cccc(C2C3C(=O)N(C4CCCCC4)C(=O)C3ON2CC(=O)NCc2ccccc2OC)c1. The summed E-state index contributed by atoms with van der Waals surface area (Å²) in [5.41, 5.74) is 1.60. The molecule has 1 N–H and O–H groups in total. The van der Waals surface area contributed by atoms with Gasteiger partial charge in [0.05, 0.1) is 26.2 Å². The predicted octanol–water partition coefficient (Wildman–Crippen LogP) is 2.99. The summed E-state index contributed by atoms with van der Waals surface area (Å²) in [6, 6.07) is 14.1. The molecule has 1 aliphatic carbocycles. The number of nitrogens with zero attached hydrogens (tertiary/aromatic N) is 2. The Balaban J connectivity index is 1.37. The second-order valence-electron chi connectivity index (χ2n) is 9.78. The molecule has 0 aromatic heterocycles. The van der Waals surface area contributed by atoms with Gasteiger partial charge in [-0.05, 0) is 36.6 Å². The van der Waals surface area contributed by atoms with Gasteiger partial charge in [0, 0.05) is 18.2 Å². The highest BCUT2D eigenvalue weighted by Crippen LogP contribution is 2.46. The minimum Gasteiger partial charge on any atom is -0.497 e. The van der Waals surface area contributed by atoms with Crippen molar-refractivity contribution < 1.29 is 28.7 Å². The largest absolute Gasteiger partial charge is 0.497 e. The van der Waals surface area contributed by atoms with Crippen LogP contribution in [0.5, 0.6) is 11.5 Å². The fraction of sp³-hybridized carbons (Fsp3) is 0.464. The van der Waals surface area contributed by atoms with Crippen LogP contribution in [-0.4, -0.2) is 60.6 Å². The lowest BCUT2D eigenvalue weighted by Crippen LogP contribution is -2.45. The van der Waals surface area contributed by atoms with Crippen LogP contribution in [0.15, 0.2) is 48.5 Å². The first-order valence-corrected chi connectivity index (χ1v) is 12.8. The van der Waals surface area contributed by atoms with E-state index in [4.69, 9.17) is 14.3 Å². The molecule has 2 aromatic rings. The lowest BCUT2D eigenvalue weighted by atomic mass is 9.90. The number of likely N-dealkylation sites (tertiary alicyclic amines) is 1. The molecule has 2 heterocycles. The summed E-state index contributed by atoms with van der Waals surface area (Å²) in [5.74, 6) is -0.213. The molecule has 1 saturated carbocycles. The van der Waals surface area contributed by atoms with Crippen LogP contribution in [0.3, 0.4) is 0 Å². The third kappa shape index (κ3) is 4.93. The molecule has 2 aliphatic heterocycles. The van der Waals surface area contributed by atoms with E-state index in [1.54, 1.807) is 14.2 Å². The molecular formula is C28H33N3O6. The molecule has 9 nitrogen and oxygen atoms in total. The highest BCUT2D eigenvalue weighted by Gasteiger charge is 2.60. The van der Waals surface area contributed by atoms with Gasteiger partial charge in [0.15, 0.2) is 6.10 Å². The summed E-state index contributed by atoms with van der Waals surface area (Å²) in [4.78, 5) is 47.6. The highest BCUT2D eigenvalue weighted by molar-refractivity contribution is 6.07. The van der Waals surface area contributed by atoms with E-state index in [9.17, 15) is 14.4 Å². The van der Waals surface area contributed by atoms with Gasteiger partial charge >= 0.3 is 0 Å². The van der Waals surface area contributed by atoms with Gasteiger partial charge in [0.1, 0.15) is 18.0 Å². The molecule has 37 heavy (non-hydrogen) atoms. The number of rotatable bonds is 8. The van der Waals surface area contributed by atoms with E-state index in [0.29, 0.717) is 11.5 Å². The second kappa shape index (κ2) is 10.9. The van der Waals surface area contributed by atoms with E-state index in [1.807, 2.05) is 48.5 Å². The third-order valence-corrected chi connectivity index (χ3v) is 7.57. The number of imide groups is 1. The number of ether oxygens (including phenoxy) is 2. The van der Waals surface area contributed by atoms with Crippen molar-refractivity contribution in [3.05, 3.63) is 59.7 Å². The molecule has 3 unspecified atom stereocenters. The Kier molecular flexibility index (Phi) is 7.43. The van der Waals surface area contributed by atoms with Gasteiger partial charge in [-0.25, -0.2) is 0 Å². The summed E-state index contributed by atoms with van der Waals surface area (Å²) < 4.78 is 10.8. The monoisotopic (exact) mass is 507 g/mol. The Morgan fingerprint density at radius 2 is 1.78 bits per heavy atom. The number of hydroxylamine groups is 2. The fourth-order valence-electron chi connectivity index (χ4n) is 5.77. The van der Waals surface area contributed by atoms with Gasteiger partial charge in [-0.3, -0.25) is 24.1 Å². The summed E-state index contributed by atoms with van der Waals surface area (Å²) in [7, 11) is 3.16. The van der Waals surface area contributed by atoms with Gasteiger partial charge in [-0.1, -0.05) is 49.6 Å². The topological polar surface area (TPSA) is 97.4 Å². The van der Waals surface area contributed by atoms with E-state index in [0.717, 1.165) is 43.2 Å². The normalized spacial score (nSPS) is 24.3. The van der Waals surface area contributed by atoms with E-state index < -0.39 is 18.1 Å². The number of para-hydroxylation sites is 1. The molecule has 9 heteroatoms. The zero-order valence-electron chi connectivity index (χ0n) is 21.2. The first kappa shape index (κ1) is 25.2. The highest BCUT2D eigenvalue weighted by atomic mass is 16.7. The van der Waals surface area contributed by atoms with Crippen LogP contribution in [0.25, 0.3) is 0 Å². The van der Waals surface area contributed by atoms with Crippen molar-refractivity contribution >= 4 is 17.7 Å². The standard InChI is InChI=1S/C28H33N3O6/c1-35-21-13-8-10-18(15-21)25-24-26(28(34)31(27(24)33)20-11-4-3-5-12-20)37-30(25)17-23(32)29-16-19-9-6-7-14-22(19)36-2/h6-10,13-15,20,24-26H,3-5,11-12,16-17H2,1-2H3,(H,29,32). The zero-order valence-corrected chi connectivity index (χ0v) is 21.2. The Morgan fingerprint density at radius 1 is 1.00 bits per heavy atom. The molecule has 5 rings (SSSR count). The van der Waals surface area contributed by atoms with Gasteiger partial charge in [0.25, 0.3) is 5.91 Å². The smallest absolute Gasteiger partial charge is 0.261 e. The Labute approximate surface area is 216 Å². The molecule has 3 aliphatic rings. The van der Waals surface area contributed by atoms with E-state index in [1.165, 1.54) is 9.96 Å². The van der Waals surface area contributed by atoms with Crippen LogP contribution in [0.4, 0.5) is 0 Å². The molecule has 0 spiro atoms. The van der Waals surface area contributed by atoms with Crippen molar-refractivity contribution in [2.75, 3.05) is 20.8 Å². The van der Waals surface area contributed by atoms with E-state index >= 15 is 0 Å². The quantitative estimate of drug-likeness (QED) is 0.549. The summed E-state index contributed by atoms with van der Waals surface area (Å²) in [6.07, 6.45) is 3.87. The average molecular weight is 508 g/mol. The summed E-state index contributed by atoms with van der Waals surface area (Å²) in [5, 5.41) is 4.38. The number of carbonyl (C=O) groups is 3. The van der Waals surface area contributed by atoms with E-state index in [-0.39, 0.29) is 36.9 Å². The number of carbonyl (C=O) groups excluding carboxylic acids is 3. The van der Waals surface area contributed by atoms with Crippen molar-refractivity contribution in [3.8, 4) is 11.5 Å². The van der Waals surface area contributed by atoms with Gasteiger partial charge in [0.2, 0.25) is 11.8 Å². The summed E-state index contributed by atoms with van der Waals surface area (Å²) in [6.45, 7) is 0.148. The van der Waals surface area contributed by atoms with Crippen LogP contribution < -0.4 is 14.8 Å². The van der Waals surface area contributed by atoms with Gasteiger partial charge in [-0.15, -0.1) is 0 Å². The number of amides is 3. The molecule has 0 radical (unpaired) electrons. The van der Waals surface area contributed by atoms with Crippen LogP contribution in [0, 0.1) is 5.92 Å². The maximum atomic E-state index is 13.7. The van der Waals surface area contributed by atoms with Crippen molar-refractivity contribution in [3.63, 3.8) is 0 Å². The van der Waals surface area contributed by atoms with Crippen molar-refractivity contribution in [1.82, 2.24) is 15.3 Å². The maximum Gasteiger partial charge on any atom is 0.261 e. The molecular weight excluding hydrogens is 474 g/mol. The minimum atomic E-state index is -0.937. The number of hydrogen-bond donors (Lipinski definition) is 1. The second-order valence-corrected chi connectivity index (χ2v) is 9.78. The minimum absolute atomic E-state index is 0.0773. The lowest BCUT2D eigenvalue weighted by molar-refractivity contribution is -0.184. The maximum absolute atomic E-state index is 13.7. The van der Waals surface area contributed by atoms with Crippen LogP contribution in [-0.2, 0) is 25.8 Å². The lowest BCUT2D eigenvalue weighted by Gasteiger charge is -2.32. The number of fused-ring (bicyclic) bond motifs is 1. The van der Waals surface area contributed by atoms with Crippen molar-refractivity contribution in [2.45, 2.75) is 56.8 Å². The van der Waals surface area contributed by atoms with Crippen LogP contribution in [0.2, 0.25) is 0 Å². The number of benzene rings is 2. The average Bonchev–Trinajstić information content (AvgIpc) is 3.42. The first-order chi connectivity index (χ1) is 18.0. The molecule has 2 aromatic carbocycles. The Bertz CT molecular complexity index is 1160. The summed E-state index contributed by atoms with van der Waals surface area (Å²) >= 11 is 0. The molecule has 3 amide bonds. The van der Waals surface area contributed by atoms with Crippen molar-refractivity contribution in [1.29, 1.82) is 0 Å². The molecule has 2 saturated heterocycles. The Hall–Kier alpha value is -3.43.